The molecule has 0 saturated carbocycles. The van der Waals surface area contributed by atoms with Crippen molar-refractivity contribution in [3.8, 4) is 0 Å². The van der Waals surface area contributed by atoms with Gasteiger partial charge >= 0.3 is 0 Å². The van der Waals surface area contributed by atoms with Gasteiger partial charge in [-0.25, -0.2) is 4.98 Å². The van der Waals surface area contributed by atoms with Crippen LogP contribution in [-0.2, 0) is 4.74 Å². The monoisotopic (exact) mass is 437 g/mol. The summed E-state index contributed by atoms with van der Waals surface area (Å²) in [7, 11) is 4.04. The number of hydrogen-bond donors (Lipinski definition) is 3. The van der Waals surface area contributed by atoms with Crippen molar-refractivity contribution in [3.63, 3.8) is 0 Å². The molecule has 1 saturated heterocycles. The lowest BCUT2D eigenvalue weighted by atomic mass is 10.1. The number of nitrogens with one attached hydrogen (secondary N) is 3. The van der Waals surface area contributed by atoms with E-state index in [4.69, 9.17) is 4.74 Å². The van der Waals surface area contributed by atoms with Crippen molar-refractivity contribution in [1.29, 1.82) is 0 Å². The SMILES string of the molecule is Cc1[nH]c2ccc(NC(=O)c3cc(NCCN(C)C)nc(N4CCOCC4)n3)cc2c1C. The van der Waals surface area contributed by atoms with Gasteiger partial charge in [-0.05, 0) is 51.7 Å². The molecule has 1 aliphatic heterocycles. The Morgan fingerprint density at radius 3 is 2.72 bits per heavy atom. The first kappa shape index (κ1) is 22.0. The van der Waals surface area contributed by atoms with Gasteiger partial charge in [-0.15, -0.1) is 0 Å². The molecule has 0 aliphatic carbocycles. The van der Waals surface area contributed by atoms with Crippen LogP contribution in [0.1, 0.15) is 21.7 Å². The number of likely N-dealkylation sites (N-methyl/N-ethyl adjacent to an activating group) is 1. The fraction of sp³-hybridized carbons (Fsp3) is 0.435. The predicted molar refractivity (Wildman–Crippen MR) is 128 cm³/mol. The molecule has 3 N–H and O–H groups in total. The summed E-state index contributed by atoms with van der Waals surface area (Å²) in [4.78, 5) is 29.8. The summed E-state index contributed by atoms with van der Waals surface area (Å²) in [6.45, 7) is 8.34. The molecular weight excluding hydrogens is 406 g/mol. The van der Waals surface area contributed by atoms with Crippen molar-refractivity contribution in [1.82, 2.24) is 19.9 Å². The second-order valence-corrected chi connectivity index (χ2v) is 8.36. The molecule has 3 aromatic rings. The summed E-state index contributed by atoms with van der Waals surface area (Å²) in [5.74, 6) is 0.920. The number of fused-ring (bicyclic) bond motifs is 1. The number of anilines is 3. The number of H-pyrrole nitrogens is 1. The zero-order chi connectivity index (χ0) is 22.7. The van der Waals surface area contributed by atoms with E-state index < -0.39 is 0 Å². The normalized spacial score (nSPS) is 14.2. The Hall–Kier alpha value is -3.17. The maximum atomic E-state index is 13.1. The molecular formula is C23H31N7O2. The highest BCUT2D eigenvalue weighted by Crippen LogP contribution is 2.25. The van der Waals surface area contributed by atoms with Gasteiger partial charge in [0.05, 0.1) is 13.2 Å². The smallest absolute Gasteiger partial charge is 0.274 e. The Labute approximate surface area is 188 Å². The van der Waals surface area contributed by atoms with E-state index in [1.807, 2.05) is 39.2 Å². The van der Waals surface area contributed by atoms with Crippen LogP contribution in [0.25, 0.3) is 10.9 Å². The number of aryl methyl sites for hydroxylation is 2. The van der Waals surface area contributed by atoms with E-state index in [1.165, 1.54) is 5.56 Å². The zero-order valence-electron chi connectivity index (χ0n) is 19.2. The number of hydrogen-bond acceptors (Lipinski definition) is 7. The Balaban J connectivity index is 1.58. The first-order valence-electron chi connectivity index (χ1n) is 10.9. The van der Waals surface area contributed by atoms with Crippen molar-refractivity contribution in [2.75, 3.05) is 69.0 Å². The van der Waals surface area contributed by atoms with Crippen LogP contribution in [0.4, 0.5) is 17.5 Å². The summed E-state index contributed by atoms with van der Waals surface area (Å²) in [6, 6.07) is 7.58. The fourth-order valence-electron chi connectivity index (χ4n) is 3.69. The van der Waals surface area contributed by atoms with E-state index in [0.717, 1.165) is 35.4 Å². The zero-order valence-corrected chi connectivity index (χ0v) is 19.2. The van der Waals surface area contributed by atoms with E-state index in [0.29, 0.717) is 43.8 Å². The standard InChI is InChI=1S/C23H31N7O2/c1-15-16(2)25-19-6-5-17(13-18(15)19)26-22(31)20-14-21(24-7-8-29(3)4)28-23(27-20)30-9-11-32-12-10-30/h5-6,13-14,25H,7-12H2,1-4H3,(H,26,31)(H,24,27,28). The summed E-state index contributed by atoms with van der Waals surface area (Å²) >= 11 is 0. The number of nitrogens with zero attached hydrogens (tertiary/aromatic N) is 4. The Morgan fingerprint density at radius 2 is 1.97 bits per heavy atom. The van der Waals surface area contributed by atoms with Gasteiger partial charge in [0.2, 0.25) is 5.95 Å². The molecule has 0 bridgehead atoms. The van der Waals surface area contributed by atoms with Crippen LogP contribution < -0.4 is 15.5 Å². The highest BCUT2D eigenvalue weighted by atomic mass is 16.5. The van der Waals surface area contributed by atoms with Crippen LogP contribution in [0.15, 0.2) is 24.3 Å². The second kappa shape index (κ2) is 9.54. The van der Waals surface area contributed by atoms with Gasteiger partial charge in [-0.1, -0.05) is 0 Å². The summed E-state index contributed by atoms with van der Waals surface area (Å²) in [5.41, 5.74) is 4.43. The van der Waals surface area contributed by atoms with Crippen LogP contribution >= 0.6 is 0 Å². The molecule has 0 atom stereocenters. The largest absolute Gasteiger partial charge is 0.378 e. The topological polar surface area (TPSA) is 98.4 Å². The average molecular weight is 438 g/mol. The molecule has 4 rings (SSSR count). The van der Waals surface area contributed by atoms with E-state index in [2.05, 4.69) is 42.3 Å². The molecule has 1 fully saturated rings. The molecule has 1 amide bonds. The summed E-state index contributed by atoms with van der Waals surface area (Å²) in [5, 5.41) is 7.41. The minimum Gasteiger partial charge on any atom is -0.378 e. The van der Waals surface area contributed by atoms with Crippen molar-refractivity contribution in [2.45, 2.75) is 13.8 Å². The number of ether oxygens (including phenoxy) is 1. The van der Waals surface area contributed by atoms with Gasteiger partial charge in [0, 0.05) is 54.5 Å². The van der Waals surface area contributed by atoms with Gasteiger partial charge in [-0.2, -0.15) is 4.98 Å². The highest BCUT2D eigenvalue weighted by molar-refractivity contribution is 6.04. The molecule has 2 aromatic heterocycles. The summed E-state index contributed by atoms with van der Waals surface area (Å²) in [6.07, 6.45) is 0. The number of aromatic nitrogens is 3. The average Bonchev–Trinajstić information content (AvgIpc) is 3.07. The van der Waals surface area contributed by atoms with Gasteiger partial charge in [0.25, 0.3) is 5.91 Å². The number of benzene rings is 1. The van der Waals surface area contributed by atoms with Gasteiger partial charge in [0.15, 0.2) is 0 Å². The minimum atomic E-state index is -0.262. The predicted octanol–water partition coefficient (Wildman–Crippen LogP) is 2.64. The third-order valence-corrected chi connectivity index (χ3v) is 5.67. The Bertz CT molecular complexity index is 1100. The maximum absolute atomic E-state index is 13.1. The third-order valence-electron chi connectivity index (χ3n) is 5.67. The van der Waals surface area contributed by atoms with Crippen LogP contribution in [0.5, 0.6) is 0 Å². The Morgan fingerprint density at radius 1 is 1.19 bits per heavy atom. The van der Waals surface area contributed by atoms with E-state index >= 15 is 0 Å². The first-order valence-corrected chi connectivity index (χ1v) is 10.9. The molecule has 32 heavy (non-hydrogen) atoms. The van der Waals surface area contributed by atoms with Crippen molar-refractivity contribution in [2.24, 2.45) is 0 Å². The lowest BCUT2D eigenvalue weighted by Gasteiger charge is -2.27. The molecule has 3 heterocycles. The number of morpholine rings is 1. The van der Waals surface area contributed by atoms with Crippen molar-refractivity contribution < 1.29 is 9.53 Å². The van der Waals surface area contributed by atoms with E-state index in [9.17, 15) is 4.79 Å². The van der Waals surface area contributed by atoms with Crippen LogP contribution in [0.2, 0.25) is 0 Å². The lowest BCUT2D eigenvalue weighted by Crippen LogP contribution is -2.37. The summed E-state index contributed by atoms with van der Waals surface area (Å²) < 4.78 is 5.45. The molecule has 0 radical (unpaired) electrons. The van der Waals surface area contributed by atoms with Gasteiger partial charge < -0.3 is 30.2 Å². The third kappa shape index (κ3) is 5.00. The maximum Gasteiger partial charge on any atom is 0.274 e. The first-order chi connectivity index (χ1) is 15.4. The molecule has 0 spiro atoms. The lowest BCUT2D eigenvalue weighted by molar-refractivity contribution is 0.102. The highest BCUT2D eigenvalue weighted by Gasteiger charge is 2.19. The number of carbonyl (C=O) groups excluding carboxylic acids is 1. The van der Waals surface area contributed by atoms with Crippen molar-refractivity contribution >= 4 is 34.3 Å². The van der Waals surface area contributed by atoms with Crippen LogP contribution in [0.3, 0.4) is 0 Å². The fourth-order valence-corrected chi connectivity index (χ4v) is 3.69. The number of aromatic amines is 1. The van der Waals surface area contributed by atoms with Crippen LogP contribution in [0, 0.1) is 13.8 Å². The Kier molecular flexibility index (Phi) is 6.57. The quantitative estimate of drug-likeness (QED) is 0.523. The number of amides is 1. The number of carbonyl (C=O) groups is 1. The molecule has 0 unspecified atom stereocenters. The molecule has 1 aromatic carbocycles. The number of rotatable bonds is 7. The van der Waals surface area contributed by atoms with Gasteiger partial charge in [-0.3, -0.25) is 4.79 Å². The second-order valence-electron chi connectivity index (χ2n) is 8.36. The molecule has 9 nitrogen and oxygen atoms in total. The van der Waals surface area contributed by atoms with Gasteiger partial charge in [0.1, 0.15) is 11.5 Å². The molecule has 1 aliphatic rings. The van der Waals surface area contributed by atoms with E-state index in [-0.39, 0.29) is 5.91 Å². The minimum absolute atomic E-state index is 0.262. The molecule has 170 valence electrons. The van der Waals surface area contributed by atoms with E-state index in [1.54, 1.807) is 6.07 Å². The molecule has 9 heteroatoms. The van der Waals surface area contributed by atoms with Crippen LogP contribution in [-0.4, -0.2) is 79.2 Å². The van der Waals surface area contributed by atoms with Crippen molar-refractivity contribution in [3.05, 3.63) is 41.2 Å².